The lowest BCUT2D eigenvalue weighted by Crippen LogP contribution is -2.46. The molecule has 0 saturated carbocycles. The molecule has 1 heterocycles. The molecule has 1 aliphatic rings. The van der Waals surface area contributed by atoms with E-state index in [1.165, 1.54) is 0 Å². The topological polar surface area (TPSA) is 26.3 Å². The van der Waals surface area contributed by atoms with Crippen molar-refractivity contribution in [3.05, 3.63) is 101 Å². The number of hydrogen-bond donors (Lipinski definition) is 0. The maximum absolute atomic E-state index is 13.6. The third-order valence-corrected chi connectivity index (χ3v) is 4.74. The van der Waals surface area contributed by atoms with Crippen molar-refractivity contribution in [1.82, 2.24) is 0 Å². The fourth-order valence-corrected chi connectivity index (χ4v) is 3.47. The molecule has 0 saturated heterocycles. The highest BCUT2D eigenvalue weighted by Crippen LogP contribution is 2.42. The number of carbonyl (C=O) groups is 1. The Balaban J connectivity index is 1.97. The van der Waals surface area contributed by atoms with Gasteiger partial charge < -0.3 is 4.74 Å². The van der Waals surface area contributed by atoms with E-state index < -0.39 is 5.41 Å². The van der Waals surface area contributed by atoms with Crippen molar-refractivity contribution in [3.8, 4) is 5.75 Å². The summed E-state index contributed by atoms with van der Waals surface area (Å²) in [7, 11) is 0. The van der Waals surface area contributed by atoms with E-state index in [0.717, 1.165) is 16.7 Å². The molecule has 0 amide bonds. The molecule has 0 radical (unpaired) electrons. The first kappa shape index (κ1) is 14.7. The Kier molecular flexibility index (Phi) is 3.46. The zero-order valence-electron chi connectivity index (χ0n) is 13.5. The Morgan fingerprint density at radius 2 is 1.42 bits per heavy atom. The van der Waals surface area contributed by atoms with Gasteiger partial charge in [-0.15, -0.1) is 0 Å². The highest BCUT2D eigenvalue weighted by molar-refractivity contribution is 6.09. The van der Waals surface area contributed by atoms with Gasteiger partial charge in [0, 0.05) is 0 Å². The molecule has 1 aliphatic heterocycles. The number of hydrogen-bond acceptors (Lipinski definition) is 2. The van der Waals surface area contributed by atoms with Crippen molar-refractivity contribution >= 4 is 5.78 Å². The van der Waals surface area contributed by atoms with Crippen molar-refractivity contribution < 1.29 is 9.53 Å². The Morgan fingerprint density at radius 1 is 0.833 bits per heavy atom. The van der Waals surface area contributed by atoms with Crippen LogP contribution in [0.1, 0.15) is 27.0 Å². The second kappa shape index (κ2) is 5.64. The summed E-state index contributed by atoms with van der Waals surface area (Å²) in [4.78, 5) is 13.6. The number of aryl methyl sites for hydroxylation is 1. The molecule has 0 atom stereocenters. The van der Waals surface area contributed by atoms with Gasteiger partial charge in [-0.05, 0) is 30.2 Å². The van der Waals surface area contributed by atoms with E-state index >= 15 is 0 Å². The minimum absolute atomic E-state index is 0.102. The number of benzene rings is 3. The monoisotopic (exact) mass is 314 g/mol. The lowest BCUT2D eigenvalue weighted by molar-refractivity contribution is 0.0818. The first-order valence-corrected chi connectivity index (χ1v) is 8.11. The maximum Gasteiger partial charge on any atom is 0.184 e. The molecule has 0 spiro atoms. The van der Waals surface area contributed by atoms with E-state index in [-0.39, 0.29) is 5.78 Å². The van der Waals surface area contributed by atoms with Gasteiger partial charge in [0.25, 0.3) is 0 Å². The maximum atomic E-state index is 13.6. The zero-order valence-corrected chi connectivity index (χ0v) is 13.5. The van der Waals surface area contributed by atoms with Crippen molar-refractivity contribution in [2.24, 2.45) is 0 Å². The average molecular weight is 314 g/mol. The quantitative estimate of drug-likeness (QED) is 0.693. The number of fused-ring (bicyclic) bond motifs is 1. The van der Waals surface area contributed by atoms with Gasteiger partial charge in [-0.1, -0.05) is 72.3 Å². The fraction of sp³-hybridized carbons (Fsp3) is 0.136. The fourth-order valence-electron chi connectivity index (χ4n) is 3.47. The molecule has 2 heteroatoms. The summed E-state index contributed by atoms with van der Waals surface area (Å²) >= 11 is 0. The van der Waals surface area contributed by atoms with Crippen molar-refractivity contribution in [2.45, 2.75) is 12.3 Å². The predicted octanol–water partition coefficient (Wildman–Crippen LogP) is 4.56. The summed E-state index contributed by atoms with van der Waals surface area (Å²) in [6.45, 7) is 2.31. The van der Waals surface area contributed by atoms with Gasteiger partial charge in [0.05, 0.1) is 5.56 Å². The van der Waals surface area contributed by atoms with Crippen LogP contribution in [-0.4, -0.2) is 12.4 Å². The molecule has 3 aromatic rings. The number of Topliss-reactive ketones (excluding diaryl/α,β-unsaturated/α-hetero) is 1. The number of ether oxygens (including phenoxy) is 1. The lowest BCUT2D eigenvalue weighted by Gasteiger charge is -2.37. The largest absolute Gasteiger partial charge is 0.491 e. The summed E-state index contributed by atoms with van der Waals surface area (Å²) in [5.74, 6) is 0.776. The summed E-state index contributed by atoms with van der Waals surface area (Å²) in [5.41, 5.74) is 2.85. The van der Waals surface area contributed by atoms with Gasteiger partial charge in [0.15, 0.2) is 5.78 Å². The van der Waals surface area contributed by atoms with Crippen LogP contribution in [0.4, 0.5) is 0 Å². The second-order valence-corrected chi connectivity index (χ2v) is 6.25. The van der Waals surface area contributed by atoms with Gasteiger partial charge in [-0.25, -0.2) is 0 Å². The standard InChI is InChI=1S/C22H18O2/c1-16-12-13-20-19(14-16)21(23)22(15-24-20,17-8-4-2-5-9-17)18-10-6-3-7-11-18/h2-14H,15H2,1H3. The molecule has 0 aliphatic carbocycles. The Hall–Kier alpha value is -2.87. The first-order valence-electron chi connectivity index (χ1n) is 8.11. The van der Waals surface area contributed by atoms with Crippen molar-refractivity contribution in [3.63, 3.8) is 0 Å². The molecule has 0 fully saturated rings. The Bertz CT molecular complexity index is 843. The van der Waals surface area contributed by atoms with Gasteiger partial charge in [-0.3, -0.25) is 4.79 Å². The van der Waals surface area contributed by atoms with E-state index in [1.807, 2.05) is 85.8 Å². The smallest absolute Gasteiger partial charge is 0.184 e. The molecule has 0 bridgehead atoms. The zero-order chi connectivity index (χ0) is 16.6. The molecule has 0 aromatic heterocycles. The number of ketones is 1. The number of carbonyl (C=O) groups excluding carboxylic acids is 1. The predicted molar refractivity (Wildman–Crippen MR) is 94.7 cm³/mol. The lowest BCUT2D eigenvalue weighted by atomic mass is 9.69. The Labute approximate surface area is 141 Å². The molecular formula is C22H18O2. The average Bonchev–Trinajstić information content (AvgIpc) is 2.64. The van der Waals surface area contributed by atoms with E-state index in [9.17, 15) is 4.79 Å². The highest BCUT2D eigenvalue weighted by atomic mass is 16.5. The van der Waals surface area contributed by atoms with Crippen LogP contribution in [-0.2, 0) is 5.41 Å². The summed E-state index contributed by atoms with van der Waals surface area (Å²) in [6, 6.07) is 25.7. The van der Waals surface area contributed by atoms with E-state index in [1.54, 1.807) is 0 Å². The SMILES string of the molecule is Cc1ccc2c(c1)C(=O)C(c1ccccc1)(c1ccccc1)CO2. The van der Waals surface area contributed by atoms with E-state index in [4.69, 9.17) is 4.74 Å². The van der Waals surface area contributed by atoms with Crippen LogP contribution in [0, 0.1) is 6.92 Å². The summed E-state index contributed by atoms with van der Waals surface area (Å²) in [6.07, 6.45) is 0. The molecular weight excluding hydrogens is 296 g/mol. The van der Waals surface area contributed by atoms with Crippen LogP contribution >= 0.6 is 0 Å². The summed E-state index contributed by atoms with van der Waals surface area (Å²) in [5, 5.41) is 0. The Morgan fingerprint density at radius 3 is 2.00 bits per heavy atom. The molecule has 24 heavy (non-hydrogen) atoms. The minimum atomic E-state index is -0.802. The molecule has 3 aromatic carbocycles. The first-order chi connectivity index (χ1) is 11.7. The minimum Gasteiger partial charge on any atom is -0.491 e. The van der Waals surface area contributed by atoms with Gasteiger partial charge in [0.2, 0.25) is 0 Å². The van der Waals surface area contributed by atoms with Crippen molar-refractivity contribution in [2.75, 3.05) is 6.61 Å². The van der Waals surface area contributed by atoms with Crippen LogP contribution in [0.3, 0.4) is 0 Å². The molecule has 2 nitrogen and oxygen atoms in total. The van der Waals surface area contributed by atoms with E-state index in [2.05, 4.69) is 0 Å². The molecule has 0 unspecified atom stereocenters. The number of rotatable bonds is 2. The van der Waals surface area contributed by atoms with Crippen LogP contribution in [0.25, 0.3) is 0 Å². The highest BCUT2D eigenvalue weighted by Gasteiger charge is 2.47. The molecule has 4 rings (SSSR count). The molecule has 0 N–H and O–H groups in total. The van der Waals surface area contributed by atoms with Crippen LogP contribution < -0.4 is 4.74 Å². The van der Waals surface area contributed by atoms with Gasteiger partial charge >= 0.3 is 0 Å². The summed E-state index contributed by atoms with van der Waals surface area (Å²) < 4.78 is 6.05. The van der Waals surface area contributed by atoms with E-state index in [0.29, 0.717) is 17.9 Å². The van der Waals surface area contributed by atoms with Gasteiger partial charge in [-0.2, -0.15) is 0 Å². The second-order valence-electron chi connectivity index (χ2n) is 6.25. The van der Waals surface area contributed by atoms with Crippen molar-refractivity contribution in [1.29, 1.82) is 0 Å². The molecule has 118 valence electrons. The normalized spacial score (nSPS) is 15.5. The third kappa shape index (κ3) is 2.15. The van der Waals surface area contributed by atoms with Crippen LogP contribution in [0.15, 0.2) is 78.9 Å². The third-order valence-electron chi connectivity index (χ3n) is 4.74. The van der Waals surface area contributed by atoms with Crippen LogP contribution in [0.2, 0.25) is 0 Å². The van der Waals surface area contributed by atoms with Crippen LogP contribution in [0.5, 0.6) is 5.75 Å². The van der Waals surface area contributed by atoms with Gasteiger partial charge in [0.1, 0.15) is 17.8 Å².